The van der Waals surface area contributed by atoms with Crippen molar-refractivity contribution in [2.45, 2.75) is 58.6 Å². The monoisotopic (exact) mass is 670 g/mol. The number of hydrogen-bond acceptors (Lipinski definition) is 5. The Balaban J connectivity index is 0.000000391. The summed E-state index contributed by atoms with van der Waals surface area (Å²) in [4.78, 5) is 0. The Morgan fingerprint density at radius 1 is 0.750 bits per heavy atom. The van der Waals surface area contributed by atoms with E-state index < -0.39 is 6.29 Å². The zero-order chi connectivity index (χ0) is 29.7. The lowest BCUT2D eigenvalue weighted by molar-refractivity contribution is -0.169. The molecule has 0 radical (unpaired) electrons. The number of hydrogen-bond donors (Lipinski definition) is 1. The number of aliphatic hydroxyl groups excluding tert-OH is 1. The maximum Gasteiger partial charge on any atom is 0.183 e. The lowest BCUT2D eigenvalue weighted by Gasteiger charge is -2.17. The second-order valence-corrected chi connectivity index (χ2v) is 10.9. The van der Waals surface area contributed by atoms with Crippen LogP contribution in [0.2, 0.25) is 30.1 Å². The van der Waals surface area contributed by atoms with Crippen LogP contribution in [0.4, 0.5) is 0 Å². The molecule has 220 valence electrons. The Labute approximate surface area is 266 Å². The molecular weight excluding hydrogens is 641 g/mol. The molecule has 1 fully saturated rings. The van der Waals surface area contributed by atoms with Gasteiger partial charge in [-0.25, -0.2) is 0 Å². The van der Waals surface area contributed by atoms with Gasteiger partial charge in [-0.2, -0.15) is 0 Å². The van der Waals surface area contributed by atoms with Crippen molar-refractivity contribution in [3.05, 3.63) is 101 Å². The molecule has 1 aliphatic rings. The molecule has 0 aliphatic carbocycles. The Hall–Kier alpha value is -0.800. The zero-order valence-corrected chi connectivity index (χ0v) is 26.8. The third-order valence-electron chi connectivity index (χ3n) is 5.59. The van der Waals surface area contributed by atoms with E-state index in [2.05, 4.69) is 0 Å². The second-order valence-electron chi connectivity index (χ2n) is 8.33. The summed E-state index contributed by atoms with van der Waals surface area (Å²) in [6, 6.07) is 15.6. The molecule has 1 heterocycles. The van der Waals surface area contributed by atoms with Crippen molar-refractivity contribution in [2.75, 3.05) is 13.7 Å². The van der Waals surface area contributed by atoms with Gasteiger partial charge in [0.05, 0.1) is 32.5 Å². The summed E-state index contributed by atoms with van der Waals surface area (Å²) in [6.45, 7) is 5.08. The fourth-order valence-corrected chi connectivity index (χ4v) is 4.98. The molecule has 4 rings (SSSR count). The molecule has 3 aromatic rings. The Morgan fingerprint density at radius 2 is 1.23 bits per heavy atom. The van der Waals surface area contributed by atoms with Gasteiger partial charge in [-0.05, 0) is 53.1 Å². The van der Waals surface area contributed by atoms with Gasteiger partial charge in [0.25, 0.3) is 0 Å². The summed E-state index contributed by atoms with van der Waals surface area (Å²) in [5, 5.41) is 12.1. The number of rotatable bonds is 9. The Morgan fingerprint density at radius 3 is 1.68 bits per heavy atom. The Kier molecular flexibility index (Phi) is 16.5. The summed E-state index contributed by atoms with van der Waals surface area (Å²) < 4.78 is 23.0. The van der Waals surface area contributed by atoms with Gasteiger partial charge < -0.3 is 24.1 Å². The molecule has 3 unspecified atom stereocenters. The standard InChI is InChI=1S/C20H20Cl4O4.C7H6Cl2O.C2H6/c1-25-20-19(27-10-13-3-5-15(22)7-18(13)24)8-16(28-20)11-26-9-12-2-4-14(21)6-17(12)23;8-6-2-1-5(4-10)7(9)3-6;1-2/h2-7,16,19-20H,8-11H2,1H3;1-3,10H,4H2;1-2H3. The smallest absolute Gasteiger partial charge is 0.183 e. The van der Waals surface area contributed by atoms with Gasteiger partial charge in [0.2, 0.25) is 0 Å². The summed E-state index contributed by atoms with van der Waals surface area (Å²) in [5.41, 5.74) is 2.43. The molecule has 0 aromatic heterocycles. The van der Waals surface area contributed by atoms with E-state index in [9.17, 15) is 0 Å². The third-order valence-corrected chi connectivity index (χ3v) is 7.35. The van der Waals surface area contributed by atoms with E-state index in [0.29, 0.717) is 61.9 Å². The summed E-state index contributed by atoms with van der Waals surface area (Å²) >= 11 is 35.5. The van der Waals surface area contributed by atoms with Gasteiger partial charge in [-0.15, -0.1) is 0 Å². The summed E-state index contributed by atoms with van der Waals surface area (Å²) in [5.74, 6) is 0. The van der Waals surface area contributed by atoms with E-state index in [1.54, 1.807) is 49.6 Å². The van der Waals surface area contributed by atoms with Gasteiger partial charge >= 0.3 is 0 Å². The van der Waals surface area contributed by atoms with Crippen LogP contribution in [0, 0.1) is 0 Å². The number of ether oxygens (including phenoxy) is 4. The fraction of sp³-hybridized carbons (Fsp3) is 0.379. The number of benzene rings is 3. The van der Waals surface area contributed by atoms with Crippen LogP contribution in [0.3, 0.4) is 0 Å². The predicted molar refractivity (Wildman–Crippen MR) is 165 cm³/mol. The van der Waals surface area contributed by atoms with Crippen LogP contribution in [0.5, 0.6) is 0 Å². The van der Waals surface area contributed by atoms with Crippen molar-refractivity contribution in [2.24, 2.45) is 0 Å². The van der Waals surface area contributed by atoms with Crippen LogP contribution in [0.1, 0.15) is 37.0 Å². The first-order chi connectivity index (χ1) is 19.2. The summed E-state index contributed by atoms with van der Waals surface area (Å²) in [6.07, 6.45) is -0.164. The maximum atomic E-state index is 8.68. The van der Waals surface area contributed by atoms with Crippen LogP contribution in [0.25, 0.3) is 0 Å². The molecule has 1 saturated heterocycles. The quantitative estimate of drug-likeness (QED) is 0.245. The highest BCUT2D eigenvalue weighted by Gasteiger charge is 2.36. The number of halogens is 6. The molecule has 0 saturated carbocycles. The zero-order valence-electron chi connectivity index (χ0n) is 22.3. The van der Waals surface area contributed by atoms with Crippen LogP contribution >= 0.6 is 69.6 Å². The maximum absolute atomic E-state index is 8.68. The lowest BCUT2D eigenvalue weighted by Crippen LogP contribution is -2.26. The minimum atomic E-state index is -0.459. The predicted octanol–water partition coefficient (Wildman–Crippen LogP) is 9.68. The second kappa shape index (κ2) is 18.7. The molecule has 0 bridgehead atoms. The van der Waals surface area contributed by atoms with Gasteiger partial charge in [0.15, 0.2) is 6.29 Å². The minimum Gasteiger partial charge on any atom is -0.392 e. The van der Waals surface area contributed by atoms with Gasteiger partial charge in [-0.3, -0.25) is 0 Å². The van der Waals surface area contributed by atoms with Crippen LogP contribution in [-0.4, -0.2) is 37.3 Å². The molecule has 3 atom stereocenters. The summed E-state index contributed by atoms with van der Waals surface area (Å²) in [7, 11) is 1.59. The van der Waals surface area contributed by atoms with Crippen molar-refractivity contribution >= 4 is 69.6 Å². The third kappa shape index (κ3) is 11.5. The SMILES string of the molecule is CC.COC1OC(COCc2ccc(Cl)cc2Cl)CC1OCc1ccc(Cl)cc1Cl.OCc1ccc(Cl)cc1Cl. The topological polar surface area (TPSA) is 57.2 Å². The van der Waals surface area contributed by atoms with Crippen molar-refractivity contribution in [1.82, 2.24) is 0 Å². The molecule has 3 aromatic carbocycles. The van der Waals surface area contributed by atoms with E-state index in [4.69, 9.17) is 93.7 Å². The van der Waals surface area contributed by atoms with Gasteiger partial charge in [0, 0.05) is 43.7 Å². The average molecular weight is 673 g/mol. The Bertz CT molecular complexity index is 1200. The van der Waals surface area contributed by atoms with E-state index in [1.165, 1.54) is 0 Å². The normalized spacial score (nSPS) is 18.0. The van der Waals surface area contributed by atoms with Gasteiger partial charge in [0.1, 0.15) is 6.10 Å². The average Bonchev–Trinajstić information content (AvgIpc) is 3.33. The highest BCUT2D eigenvalue weighted by Crippen LogP contribution is 2.28. The van der Waals surface area contributed by atoms with Gasteiger partial charge in [-0.1, -0.05) is 102 Å². The lowest BCUT2D eigenvalue weighted by atomic mass is 10.2. The largest absolute Gasteiger partial charge is 0.392 e. The van der Waals surface area contributed by atoms with Crippen molar-refractivity contribution in [3.8, 4) is 0 Å². The number of aliphatic hydroxyl groups is 1. The highest BCUT2D eigenvalue weighted by molar-refractivity contribution is 6.36. The first-order valence-electron chi connectivity index (χ1n) is 12.5. The molecule has 1 N–H and O–H groups in total. The molecule has 11 heteroatoms. The molecule has 1 aliphatic heterocycles. The van der Waals surface area contributed by atoms with E-state index in [1.807, 2.05) is 26.0 Å². The molecule has 0 amide bonds. The van der Waals surface area contributed by atoms with Crippen LogP contribution < -0.4 is 0 Å². The first-order valence-corrected chi connectivity index (χ1v) is 14.8. The fourth-order valence-electron chi connectivity index (χ4n) is 3.59. The van der Waals surface area contributed by atoms with Crippen molar-refractivity contribution in [3.63, 3.8) is 0 Å². The molecule has 5 nitrogen and oxygen atoms in total. The highest BCUT2D eigenvalue weighted by atomic mass is 35.5. The van der Waals surface area contributed by atoms with Crippen molar-refractivity contribution in [1.29, 1.82) is 0 Å². The van der Waals surface area contributed by atoms with E-state index in [-0.39, 0.29) is 18.8 Å². The molecular formula is C29H32Cl6O5. The van der Waals surface area contributed by atoms with E-state index >= 15 is 0 Å². The molecule has 40 heavy (non-hydrogen) atoms. The first kappa shape index (κ1) is 35.4. The van der Waals surface area contributed by atoms with Crippen LogP contribution in [-0.2, 0) is 38.8 Å². The van der Waals surface area contributed by atoms with Crippen LogP contribution in [0.15, 0.2) is 54.6 Å². The minimum absolute atomic E-state index is 0.0456. The van der Waals surface area contributed by atoms with Crippen molar-refractivity contribution < 1.29 is 24.1 Å². The molecule has 0 spiro atoms. The van der Waals surface area contributed by atoms with E-state index in [0.717, 1.165) is 11.1 Å². The number of methoxy groups -OCH3 is 1.